The first kappa shape index (κ1) is 20.9. The predicted octanol–water partition coefficient (Wildman–Crippen LogP) is 1.90. The minimum Gasteiger partial charge on any atom is -0.421 e. The van der Waals surface area contributed by atoms with Crippen LogP contribution in [0.25, 0.3) is 16.3 Å². The van der Waals surface area contributed by atoms with Gasteiger partial charge in [-0.3, -0.25) is 4.79 Å². The van der Waals surface area contributed by atoms with Gasteiger partial charge in [0.15, 0.2) is 0 Å². The molecule has 3 aromatic heterocycles. The van der Waals surface area contributed by atoms with Gasteiger partial charge in [-0.2, -0.15) is 15.4 Å². The van der Waals surface area contributed by atoms with Crippen molar-refractivity contribution in [2.75, 3.05) is 11.9 Å². The Balaban J connectivity index is 1.13. The van der Waals surface area contributed by atoms with Crippen molar-refractivity contribution >= 4 is 17.7 Å². The summed E-state index contributed by atoms with van der Waals surface area (Å²) in [6.45, 7) is 8.51. The molecule has 174 valence electrons. The minimum atomic E-state index is -0.146. The second-order valence-corrected chi connectivity index (χ2v) is 8.52. The number of carbonyl (C=O) groups excluding carboxylic acids is 1. The van der Waals surface area contributed by atoms with E-state index in [9.17, 15) is 4.79 Å². The molecule has 12 nitrogen and oxygen atoms in total. The topological polar surface area (TPSA) is 143 Å². The Labute approximate surface area is 199 Å². The number of nitrogens with zero attached hydrogens (tertiary/aromatic N) is 8. The first-order chi connectivity index (χ1) is 17.2. The number of anilines is 1. The molecule has 0 spiro atoms. The molecule has 1 aliphatic heterocycles. The Morgan fingerprint density at radius 2 is 2.00 bits per heavy atom. The molecule has 2 aliphatic rings. The Morgan fingerprint density at radius 3 is 2.80 bits per heavy atom. The number of hydrogen-bond acceptors (Lipinski definition) is 9. The number of fused-ring (bicyclic) bond motifs is 2. The van der Waals surface area contributed by atoms with Crippen LogP contribution in [0.5, 0.6) is 0 Å². The highest BCUT2D eigenvalue weighted by molar-refractivity contribution is 5.78. The SMILES string of the molecule is [C-]#[N+]c1nc(NC2Cc3ccccc3C2)ncc1-c1nnc(CC(=O)N2CCc3n[nH]nc3C2)o1. The van der Waals surface area contributed by atoms with Gasteiger partial charge in [-0.05, 0) is 24.0 Å². The van der Waals surface area contributed by atoms with Crippen LogP contribution in [0.3, 0.4) is 0 Å². The summed E-state index contributed by atoms with van der Waals surface area (Å²) in [5.74, 6) is 0.611. The lowest BCUT2D eigenvalue weighted by molar-refractivity contribution is -0.131. The molecule has 1 aliphatic carbocycles. The van der Waals surface area contributed by atoms with Crippen LogP contribution in [-0.4, -0.2) is 59.0 Å². The molecule has 12 heteroatoms. The van der Waals surface area contributed by atoms with E-state index < -0.39 is 0 Å². The molecule has 0 saturated heterocycles. The standard InChI is InChI=1S/C23H20N10O2/c1-24-21-16(11-25-23(27-21)26-15-8-13-4-2-3-5-14(13)9-15)22-31-30-19(35-22)10-20(34)33-7-6-17-18(12-33)29-32-28-17/h2-5,11,15H,6-10,12H2,(H,25,26,27)(H,28,29,32). The summed E-state index contributed by atoms with van der Waals surface area (Å²) in [6, 6.07) is 8.49. The van der Waals surface area contributed by atoms with E-state index in [1.807, 2.05) is 12.1 Å². The molecule has 4 heterocycles. The van der Waals surface area contributed by atoms with Gasteiger partial charge in [0.1, 0.15) is 12.1 Å². The molecular weight excluding hydrogens is 448 g/mol. The highest BCUT2D eigenvalue weighted by Crippen LogP contribution is 2.29. The molecule has 2 N–H and O–H groups in total. The molecular formula is C23H20N10O2. The Morgan fingerprint density at radius 1 is 1.20 bits per heavy atom. The van der Waals surface area contributed by atoms with E-state index in [4.69, 9.17) is 11.0 Å². The van der Waals surface area contributed by atoms with Crippen LogP contribution in [-0.2, 0) is 37.0 Å². The molecule has 0 radical (unpaired) electrons. The number of carbonyl (C=O) groups is 1. The number of benzene rings is 1. The fourth-order valence-electron chi connectivity index (χ4n) is 4.51. The third-order valence-corrected chi connectivity index (χ3v) is 6.27. The van der Waals surface area contributed by atoms with Gasteiger partial charge in [0.25, 0.3) is 5.82 Å². The molecule has 0 bridgehead atoms. The Kier molecular flexibility index (Phi) is 5.14. The van der Waals surface area contributed by atoms with Gasteiger partial charge in [0.05, 0.1) is 17.8 Å². The van der Waals surface area contributed by atoms with Gasteiger partial charge in [-0.25, -0.2) is 4.98 Å². The summed E-state index contributed by atoms with van der Waals surface area (Å²) in [5, 5.41) is 22.1. The Hall–Kier alpha value is -4.66. The lowest BCUT2D eigenvalue weighted by Gasteiger charge is -2.24. The molecule has 35 heavy (non-hydrogen) atoms. The van der Waals surface area contributed by atoms with Gasteiger partial charge in [-0.1, -0.05) is 35.8 Å². The minimum absolute atomic E-state index is 0.0454. The van der Waals surface area contributed by atoms with Crippen LogP contribution in [0, 0.1) is 6.57 Å². The van der Waals surface area contributed by atoms with E-state index >= 15 is 0 Å². The number of hydrogen-bond donors (Lipinski definition) is 2. The van der Waals surface area contributed by atoms with E-state index in [-0.39, 0.29) is 36.0 Å². The normalized spacial score (nSPS) is 14.9. The van der Waals surface area contributed by atoms with E-state index in [2.05, 4.69) is 57.9 Å². The first-order valence-electron chi connectivity index (χ1n) is 11.2. The van der Waals surface area contributed by atoms with E-state index in [0.717, 1.165) is 24.2 Å². The first-order valence-corrected chi connectivity index (χ1v) is 11.2. The molecule has 0 atom stereocenters. The average molecular weight is 468 g/mol. The van der Waals surface area contributed by atoms with Crippen molar-refractivity contribution in [3.63, 3.8) is 0 Å². The van der Waals surface area contributed by atoms with Crippen LogP contribution < -0.4 is 5.32 Å². The molecule has 0 unspecified atom stereocenters. The lowest BCUT2D eigenvalue weighted by Crippen LogP contribution is -2.37. The van der Waals surface area contributed by atoms with Crippen molar-refractivity contribution in [1.82, 2.24) is 40.5 Å². The van der Waals surface area contributed by atoms with Crippen LogP contribution in [0.15, 0.2) is 34.9 Å². The van der Waals surface area contributed by atoms with Crippen molar-refractivity contribution in [3.8, 4) is 11.5 Å². The zero-order valence-electron chi connectivity index (χ0n) is 18.6. The predicted molar refractivity (Wildman–Crippen MR) is 122 cm³/mol. The smallest absolute Gasteiger partial charge is 0.319 e. The quantitative estimate of drug-likeness (QED) is 0.420. The summed E-state index contributed by atoms with van der Waals surface area (Å²) >= 11 is 0. The zero-order chi connectivity index (χ0) is 23.8. The maximum atomic E-state index is 12.7. The summed E-state index contributed by atoms with van der Waals surface area (Å²) in [4.78, 5) is 26.6. The van der Waals surface area contributed by atoms with Crippen LogP contribution in [0.4, 0.5) is 11.8 Å². The molecule has 6 rings (SSSR count). The molecule has 1 aromatic carbocycles. The summed E-state index contributed by atoms with van der Waals surface area (Å²) in [5.41, 5.74) is 4.61. The second-order valence-electron chi connectivity index (χ2n) is 8.52. The van der Waals surface area contributed by atoms with E-state index in [0.29, 0.717) is 31.0 Å². The van der Waals surface area contributed by atoms with Crippen molar-refractivity contribution < 1.29 is 9.21 Å². The van der Waals surface area contributed by atoms with Crippen molar-refractivity contribution in [2.45, 2.75) is 38.3 Å². The van der Waals surface area contributed by atoms with Gasteiger partial charge < -0.3 is 19.5 Å². The van der Waals surface area contributed by atoms with Crippen LogP contribution in [0.2, 0.25) is 0 Å². The van der Waals surface area contributed by atoms with Gasteiger partial charge in [-0.15, -0.1) is 10.2 Å². The fourth-order valence-corrected chi connectivity index (χ4v) is 4.51. The lowest BCUT2D eigenvalue weighted by atomic mass is 10.1. The molecule has 0 saturated carbocycles. The van der Waals surface area contributed by atoms with E-state index in [1.54, 1.807) is 4.90 Å². The number of aromatic nitrogens is 7. The third kappa shape index (κ3) is 4.08. The zero-order valence-corrected chi connectivity index (χ0v) is 18.6. The summed E-state index contributed by atoms with van der Waals surface area (Å²) < 4.78 is 5.70. The highest BCUT2D eigenvalue weighted by atomic mass is 16.4. The van der Waals surface area contributed by atoms with Crippen LogP contribution in [0.1, 0.15) is 28.4 Å². The van der Waals surface area contributed by atoms with Crippen molar-refractivity contribution in [2.24, 2.45) is 0 Å². The number of amides is 1. The number of nitrogens with one attached hydrogen (secondary N) is 2. The van der Waals surface area contributed by atoms with Crippen LogP contribution >= 0.6 is 0 Å². The molecule has 1 amide bonds. The average Bonchev–Trinajstić information content (AvgIpc) is 3.62. The summed E-state index contributed by atoms with van der Waals surface area (Å²) in [6.07, 6.45) is 3.86. The fraction of sp³-hybridized carbons (Fsp3) is 0.304. The number of rotatable bonds is 5. The molecule has 0 fully saturated rings. The third-order valence-electron chi connectivity index (χ3n) is 6.27. The van der Waals surface area contributed by atoms with Crippen molar-refractivity contribution in [1.29, 1.82) is 0 Å². The van der Waals surface area contributed by atoms with Gasteiger partial charge in [0, 0.05) is 25.2 Å². The number of aromatic amines is 1. The van der Waals surface area contributed by atoms with Gasteiger partial charge in [0.2, 0.25) is 17.7 Å². The second kappa shape index (κ2) is 8.60. The maximum Gasteiger partial charge on any atom is 0.319 e. The number of H-pyrrole nitrogens is 1. The monoisotopic (exact) mass is 468 g/mol. The maximum absolute atomic E-state index is 12.7. The van der Waals surface area contributed by atoms with Crippen molar-refractivity contribution in [3.05, 3.63) is 70.3 Å². The van der Waals surface area contributed by atoms with Gasteiger partial charge >= 0.3 is 5.95 Å². The van der Waals surface area contributed by atoms with E-state index in [1.165, 1.54) is 17.3 Å². The highest BCUT2D eigenvalue weighted by Gasteiger charge is 2.26. The Bertz CT molecular complexity index is 1430. The molecule has 4 aromatic rings. The summed E-state index contributed by atoms with van der Waals surface area (Å²) in [7, 11) is 0. The largest absolute Gasteiger partial charge is 0.421 e.